The summed E-state index contributed by atoms with van der Waals surface area (Å²) >= 11 is 1.32. The van der Waals surface area contributed by atoms with Crippen molar-refractivity contribution in [3.8, 4) is 0 Å². The number of benzene rings is 2. The second kappa shape index (κ2) is 7.15. The van der Waals surface area contributed by atoms with Crippen LogP contribution >= 0.6 is 11.3 Å². The van der Waals surface area contributed by atoms with Crippen molar-refractivity contribution >= 4 is 22.4 Å². The molecule has 0 spiro atoms. The highest BCUT2D eigenvalue weighted by atomic mass is 32.1. The smallest absolute Gasteiger partial charge is 0.232 e. The molecule has 4 nitrogen and oxygen atoms in total. The van der Waals surface area contributed by atoms with Gasteiger partial charge in [0.2, 0.25) is 11.0 Å². The summed E-state index contributed by atoms with van der Waals surface area (Å²) in [5.41, 5.74) is 4.38. The molecule has 5 heteroatoms. The van der Waals surface area contributed by atoms with Crippen molar-refractivity contribution in [1.29, 1.82) is 0 Å². The molecule has 0 bridgehead atoms. The third kappa shape index (κ3) is 3.77. The van der Waals surface area contributed by atoms with E-state index in [-0.39, 0.29) is 11.8 Å². The van der Waals surface area contributed by atoms with Gasteiger partial charge in [-0.15, -0.1) is 10.2 Å². The third-order valence-electron chi connectivity index (χ3n) is 4.43. The number of amides is 1. The molecule has 1 amide bonds. The summed E-state index contributed by atoms with van der Waals surface area (Å²) in [5.74, 6) is -0.138. The predicted molar refractivity (Wildman–Crippen MR) is 102 cm³/mol. The number of rotatable bonds is 5. The Morgan fingerprint density at radius 3 is 2.28 bits per heavy atom. The number of aryl methyl sites for hydroxylation is 1. The summed E-state index contributed by atoms with van der Waals surface area (Å²) in [5, 5.41) is 11.1. The highest BCUT2D eigenvalue weighted by molar-refractivity contribution is 7.13. The maximum atomic E-state index is 13.0. The monoisotopic (exact) mass is 351 g/mol. The van der Waals surface area contributed by atoms with Crippen LogP contribution in [0, 0.1) is 12.3 Å². The van der Waals surface area contributed by atoms with E-state index in [9.17, 15) is 4.79 Å². The molecule has 0 aliphatic carbocycles. The molecule has 3 aromatic rings. The van der Waals surface area contributed by atoms with Gasteiger partial charge in [0.1, 0.15) is 5.51 Å². The van der Waals surface area contributed by atoms with Crippen molar-refractivity contribution in [3.63, 3.8) is 0 Å². The van der Waals surface area contributed by atoms with E-state index in [0.29, 0.717) is 5.13 Å². The van der Waals surface area contributed by atoms with E-state index in [0.717, 1.165) is 11.1 Å². The van der Waals surface area contributed by atoms with Crippen LogP contribution in [0.25, 0.3) is 0 Å². The van der Waals surface area contributed by atoms with Crippen LogP contribution in [0.5, 0.6) is 0 Å². The number of nitrogens with zero attached hydrogens (tertiary/aromatic N) is 2. The molecule has 128 valence electrons. The van der Waals surface area contributed by atoms with Gasteiger partial charge in [-0.2, -0.15) is 0 Å². The molecule has 3 rings (SSSR count). The fourth-order valence-electron chi connectivity index (χ4n) is 3.05. The van der Waals surface area contributed by atoms with Crippen LogP contribution in [0.3, 0.4) is 0 Å². The average molecular weight is 351 g/mol. The average Bonchev–Trinajstić information content (AvgIpc) is 3.11. The lowest BCUT2D eigenvalue weighted by atomic mass is 9.70. The van der Waals surface area contributed by atoms with E-state index in [2.05, 4.69) is 58.8 Å². The topological polar surface area (TPSA) is 54.9 Å². The maximum Gasteiger partial charge on any atom is 0.232 e. The molecule has 1 atom stereocenters. The summed E-state index contributed by atoms with van der Waals surface area (Å²) < 4.78 is 0. The van der Waals surface area contributed by atoms with E-state index < -0.39 is 5.41 Å². The Hall–Kier alpha value is -2.53. The van der Waals surface area contributed by atoms with E-state index >= 15 is 0 Å². The highest BCUT2D eigenvalue weighted by Crippen LogP contribution is 2.41. The first-order valence-corrected chi connectivity index (χ1v) is 9.05. The lowest BCUT2D eigenvalue weighted by Crippen LogP contribution is -2.37. The number of hydrogen-bond acceptors (Lipinski definition) is 4. The fourth-order valence-corrected chi connectivity index (χ4v) is 3.49. The van der Waals surface area contributed by atoms with Crippen molar-refractivity contribution in [2.45, 2.75) is 26.7 Å². The van der Waals surface area contributed by atoms with Gasteiger partial charge in [0.25, 0.3) is 0 Å². The second-order valence-corrected chi connectivity index (χ2v) is 7.51. The number of carbonyl (C=O) groups is 1. The summed E-state index contributed by atoms with van der Waals surface area (Å²) in [6.07, 6.45) is 0. The van der Waals surface area contributed by atoms with Gasteiger partial charge in [0, 0.05) is 5.92 Å². The van der Waals surface area contributed by atoms with Gasteiger partial charge in [-0.3, -0.25) is 4.79 Å². The lowest BCUT2D eigenvalue weighted by molar-refractivity contribution is -0.124. The van der Waals surface area contributed by atoms with Crippen LogP contribution < -0.4 is 5.32 Å². The molecular formula is C20H21N3OS. The van der Waals surface area contributed by atoms with E-state index in [1.807, 2.05) is 32.0 Å². The molecular weight excluding hydrogens is 330 g/mol. The Balaban J connectivity index is 2.00. The molecule has 0 saturated carbocycles. The van der Waals surface area contributed by atoms with Crippen LogP contribution in [0.15, 0.2) is 60.1 Å². The first kappa shape index (κ1) is 17.3. The van der Waals surface area contributed by atoms with Gasteiger partial charge < -0.3 is 5.32 Å². The molecule has 25 heavy (non-hydrogen) atoms. The Morgan fingerprint density at radius 1 is 1.04 bits per heavy atom. The van der Waals surface area contributed by atoms with Crippen molar-refractivity contribution in [1.82, 2.24) is 10.2 Å². The standard InChI is InChI=1S/C20H21N3OS/c1-14-9-11-16(12-10-14)17(15-7-5-4-6-8-15)20(2,3)18(24)22-19-23-21-13-25-19/h4-13,17H,1-3H3,(H,22,23,24)/t17-/m0/s1. The zero-order valence-corrected chi connectivity index (χ0v) is 15.4. The Bertz CT molecular complexity index is 827. The zero-order chi connectivity index (χ0) is 17.9. The van der Waals surface area contributed by atoms with E-state index in [4.69, 9.17) is 0 Å². The minimum Gasteiger partial charge on any atom is -0.300 e. The van der Waals surface area contributed by atoms with Gasteiger partial charge >= 0.3 is 0 Å². The molecule has 0 unspecified atom stereocenters. The maximum absolute atomic E-state index is 13.0. The van der Waals surface area contributed by atoms with Crippen molar-refractivity contribution in [3.05, 3.63) is 76.8 Å². The molecule has 2 aromatic carbocycles. The predicted octanol–water partition coefficient (Wildman–Crippen LogP) is 4.64. The van der Waals surface area contributed by atoms with E-state index in [1.54, 1.807) is 5.51 Å². The SMILES string of the molecule is Cc1ccc([C@H](c2ccccc2)C(C)(C)C(=O)Nc2nncs2)cc1. The fraction of sp³-hybridized carbons (Fsp3) is 0.250. The van der Waals surface area contributed by atoms with Gasteiger partial charge in [-0.1, -0.05) is 85.3 Å². The van der Waals surface area contributed by atoms with Crippen LogP contribution in [0.2, 0.25) is 0 Å². The Labute approximate surface area is 151 Å². The van der Waals surface area contributed by atoms with Crippen molar-refractivity contribution in [2.24, 2.45) is 5.41 Å². The van der Waals surface area contributed by atoms with Crippen LogP contribution in [0.1, 0.15) is 36.5 Å². The number of anilines is 1. The quantitative estimate of drug-likeness (QED) is 0.728. The number of aromatic nitrogens is 2. The van der Waals surface area contributed by atoms with Crippen molar-refractivity contribution in [2.75, 3.05) is 5.32 Å². The minimum absolute atomic E-state index is 0.0674. The first-order chi connectivity index (χ1) is 12.0. The Morgan fingerprint density at radius 2 is 1.68 bits per heavy atom. The Kier molecular flexibility index (Phi) is 4.95. The first-order valence-electron chi connectivity index (χ1n) is 8.17. The number of nitrogens with one attached hydrogen (secondary N) is 1. The van der Waals surface area contributed by atoms with Gasteiger partial charge in [-0.05, 0) is 18.1 Å². The van der Waals surface area contributed by atoms with Gasteiger partial charge in [0.05, 0.1) is 5.41 Å². The molecule has 0 radical (unpaired) electrons. The molecule has 0 fully saturated rings. The van der Waals surface area contributed by atoms with Crippen LogP contribution in [-0.2, 0) is 4.79 Å². The number of hydrogen-bond donors (Lipinski definition) is 1. The van der Waals surface area contributed by atoms with E-state index in [1.165, 1.54) is 16.9 Å². The summed E-state index contributed by atoms with van der Waals surface area (Å²) in [6, 6.07) is 18.5. The minimum atomic E-state index is -0.664. The zero-order valence-electron chi connectivity index (χ0n) is 14.6. The van der Waals surface area contributed by atoms with Crippen molar-refractivity contribution < 1.29 is 4.79 Å². The van der Waals surface area contributed by atoms with Gasteiger partial charge in [0.15, 0.2) is 0 Å². The van der Waals surface area contributed by atoms with Crippen LogP contribution in [-0.4, -0.2) is 16.1 Å². The molecule has 1 aromatic heterocycles. The summed E-state index contributed by atoms with van der Waals surface area (Å²) in [6.45, 7) is 6.01. The van der Waals surface area contributed by atoms with Crippen LogP contribution in [0.4, 0.5) is 5.13 Å². The molecule has 1 N–H and O–H groups in total. The summed E-state index contributed by atoms with van der Waals surface area (Å²) in [4.78, 5) is 13.0. The molecule has 0 aliphatic heterocycles. The highest BCUT2D eigenvalue weighted by Gasteiger charge is 2.39. The lowest BCUT2D eigenvalue weighted by Gasteiger charge is -2.33. The molecule has 0 aliphatic rings. The normalized spacial score (nSPS) is 12.6. The number of carbonyl (C=O) groups excluding carboxylic acids is 1. The molecule has 1 heterocycles. The molecule has 0 saturated heterocycles. The summed E-state index contributed by atoms with van der Waals surface area (Å²) in [7, 11) is 0. The third-order valence-corrected chi connectivity index (χ3v) is 5.04. The van der Waals surface area contributed by atoms with Gasteiger partial charge in [-0.25, -0.2) is 0 Å². The largest absolute Gasteiger partial charge is 0.300 e. The second-order valence-electron chi connectivity index (χ2n) is 6.67.